The van der Waals surface area contributed by atoms with Crippen molar-refractivity contribution in [3.63, 3.8) is 0 Å². The highest BCUT2D eigenvalue weighted by molar-refractivity contribution is 7.15. The molecule has 0 bridgehead atoms. The molecule has 0 spiro atoms. The van der Waals surface area contributed by atoms with Crippen LogP contribution in [0.5, 0.6) is 0 Å². The minimum absolute atomic E-state index is 0.188. The molecule has 0 atom stereocenters. The van der Waals surface area contributed by atoms with Crippen LogP contribution in [0.3, 0.4) is 0 Å². The van der Waals surface area contributed by atoms with Crippen molar-refractivity contribution in [2.75, 3.05) is 26.7 Å². The summed E-state index contributed by atoms with van der Waals surface area (Å²) in [5.41, 5.74) is 0. The molecule has 88 valence electrons. The van der Waals surface area contributed by atoms with Gasteiger partial charge >= 0.3 is 0 Å². The number of hydrogen-bond donors (Lipinski definition) is 0. The molecule has 0 unspecified atom stereocenters. The minimum Gasteiger partial charge on any atom is -0.345 e. The molecule has 2 heterocycles. The number of halogens is 1. The van der Waals surface area contributed by atoms with Crippen LogP contribution in [0.2, 0.25) is 4.47 Å². The Hall–Kier alpha value is -0.650. The Morgan fingerprint density at radius 1 is 1.56 bits per heavy atom. The second kappa shape index (κ2) is 5.12. The first-order valence-electron chi connectivity index (χ1n) is 5.21. The number of rotatable bonds is 2. The monoisotopic (exact) mass is 259 g/mol. The second-order valence-electron chi connectivity index (χ2n) is 3.96. The van der Waals surface area contributed by atoms with Crippen molar-refractivity contribution in [1.82, 2.24) is 14.8 Å². The maximum Gasteiger partial charge on any atom is 0.236 e. The number of carbonyl (C=O) groups is 1. The molecule has 16 heavy (non-hydrogen) atoms. The summed E-state index contributed by atoms with van der Waals surface area (Å²) in [7, 11) is 1.86. The van der Waals surface area contributed by atoms with Crippen molar-refractivity contribution in [3.8, 4) is 0 Å². The number of nitrogens with zero attached hydrogens (tertiary/aromatic N) is 3. The highest BCUT2D eigenvalue weighted by Gasteiger charge is 2.19. The molecule has 1 aromatic rings. The molecular formula is C10H14ClN3OS. The highest BCUT2D eigenvalue weighted by atomic mass is 35.5. The summed E-state index contributed by atoms with van der Waals surface area (Å²) in [6.07, 6.45) is 2.81. The summed E-state index contributed by atoms with van der Waals surface area (Å²) in [5, 5.41) is 0. The third kappa shape index (κ3) is 2.93. The van der Waals surface area contributed by atoms with E-state index in [0.29, 0.717) is 11.0 Å². The fourth-order valence-electron chi connectivity index (χ4n) is 1.76. The number of carbonyl (C=O) groups excluding carboxylic acids is 1. The van der Waals surface area contributed by atoms with Crippen molar-refractivity contribution in [1.29, 1.82) is 0 Å². The molecule has 1 aliphatic heterocycles. The SMILES string of the molecule is CN1CCCN(Cc2cnc(Cl)s2)CC1=O. The number of amides is 1. The molecule has 0 aliphatic carbocycles. The predicted molar refractivity (Wildman–Crippen MR) is 64.7 cm³/mol. The molecule has 1 saturated heterocycles. The molecule has 0 saturated carbocycles. The molecule has 6 heteroatoms. The lowest BCUT2D eigenvalue weighted by molar-refractivity contribution is -0.129. The predicted octanol–water partition coefficient (Wildman–Crippen LogP) is 1.46. The third-order valence-corrected chi connectivity index (χ3v) is 3.76. The van der Waals surface area contributed by atoms with E-state index in [1.165, 1.54) is 11.3 Å². The van der Waals surface area contributed by atoms with E-state index < -0.39 is 0 Å². The van der Waals surface area contributed by atoms with Gasteiger partial charge in [0.2, 0.25) is 5.91 Å². The van der Waals surface area contributed by atoms with Crippen LogP contribution in [-0.2, 0) is 11.3 Å². The number of hydrogen-bond acceptors (Lipinski definition) is 4. The Bertz CT molecular complexity index is 382. The van der Waals surface area contributed by atoms with E-state index in [0.717, 1.165) is 30.9 Å². The molecule has 4 nitrogen and oxygen atoms in total. The average Bonchev–Trinajstić information content (AvgIpc) is 2.56. The lowest BCUT2D eigenvalue weighted by Gasteiger charge is -2.17. The molecule has 2 rings (SSSR count). The van der Waals surface area contributed by atoms with Crippen LogP contribution >= 0.6 is 22.9 Å². The van der Waals surface area contributed by atoms with Crippen molar-refractivity contribution in [2.24, 2.45) is 0 Å². The maximum atomic E-state index is 11.7. The zero-order valence-corrected chi connectivity index (χ0v) is 10.7. The molecule has 1 amide bonds. The van der Waals surface area contributed by atoms with Crippen LogP contribution in [-0.4, -0.2) is 47.4 Å². The fraction of sp³-hybridized carbons (Fsp3) is 0.600. The largest absolute Gasteiger partial charge is 0.345 e. The highest BCUT2D eigenvalue weighted by Crippen LogP contribution is 2.19. The van der Waals surface area contributed by atoms with Gasteiger partial charge in [-0.25, -0.2) is 4.98 Å². The zero-order chi connectivity index (χ0) is 11.5. The zero-order valence-electron chi connectivity index (χ0n) is 9.15. The molecular weight excluding hydrogens is 246 g/mol. The number of likely N-dealkylation sites (N-methyl/N-ethyl adjacent to an activating group) is 1. The van der Waals surface area contributed by atoms with E-state index >= 15 is 0 Å². The van der Waals surface area contributed by atoms with Crippen LogP contribution in [0.1, 0.15) is 11.3 Å². The van der Waals surface area contributed by atoms with Crippen molar-refractivity contribution >= 4 is 28.8 Å². The summed E-state index contributed by atoms with van der Waals surface area (Å²) < 4.78 is 0.563. The standard InChI is InChI=1S/C10H14ClN3OS/c1-13-3-2-4-14(7-9(13)15)6-8-5-12-10(11)16-8/h5H,2-4,6-7H2,1H3. The van der Waals surface area contributed by atoms with Gasteiger partial charge in [0.05, 0.1) is 6.54 Å². The Labute approximate surface area is 104 Å². The number of thiazole rings is 1. The van der Waals surface area contributed by atoms with Gasteiger partial charge in [0.1, 0.15) is 0 Å². The summed E-state index contributed by atoms with van der Waals surface area (Å²) in [4.78, 5) is 20.7. The smallest absolute Gasteiger partial charge is 0.236 e. The molecule has 0 radical (unpaired) electrons. The first-order valence-corrected chi connectivity index (χ1v) is 6.41. The van der Waals surface area contributed by atoms with Crippen LogP contribution in [0, 0.1) is 0 Å². The summed E-state index contributed by atoms with van der Waals surface area (Å²) in [6, 6.07) is 0. The van der Waals surface area contributed by atoms with Gasteiger partial charge in [0.15, 0.2) is 4.47 Å². The van der Waals surface area contributed by atoms with Crippen molar-refractivity contribution < 1.29 is 4.79 Å². The van der Waals surface area contributed by atoms with Gasteiger partial charge in [0, 0.05) is 37.8 Å². The molecule has 1 fully saturated rings. The molecule has 0 N–H and O–H groups in total. The van der Waals surface area contributed by atoms with Crippen LogP contribution in [0.4, 0.5) is 0 Å². The quantitative estimate of drug-likeness (QED) is 0.807. The normalized spacial score (nSPS) is 18.9. The van der Waals surface area contributed by atoms with Gasteiger partial charge in [0.25, 0.3) is 0 Å². The average molecular weight is 260 g/mol. The summed E-state index contributed by atoms with van der Waals surface area (Å²) in [6.45, 7) is 3.06. The van der Waals surface area contributed by atoms with E-state index in [4.69, 9.17) is 11.6 Å². The van der Waals surface area contributed by atoms with Crippen LogP contribution in [0.25, 0.3) is 0 Å². The topological polar surface area (TPSA) is 36.4 Å². The lowest BCUT2D eigenvalue weighted by atomic mass is 10.4. The van der Waals surface area contributed by atoms with Crippen molar-refractivity contribution in [3.05, 3.63) is 15.5 Å². The Kier molecular flexibility index (Phi) is 3.78. The summed E-state index contributed by atoms with van der Waals surface area (Å²) in [5.74, 6) is 0.188. The number of aromatic nitrogens is 1. The van der Waals surface area contributed by atoms with Gasteiger partial charge < -0.3 is 4.90 Å². The maximum absolute atomic E-state index is 11.7. The summed E-state index contributed by atoms with van der Waals surface area (Å²) >= 11 is 7.25. The van der Waals surface area contributed by atoms with Gasteiger partial charge in [-0.3, -0.25) is 9.69 Å². The molecule has 1 aromatic heterocycles. The Morgan fingerprint density at radius 3 is 3.06 bits per heavy atom. The van der Waals surface area contributed by atoms with E-state index in [2.05, 4.69) is 9.88 Å². The third-order valence-electron chi connectivity index (χ3n) is 2.66. The van der Waals surface area contributed by atoms with Crippen molar-refractivity contribution in [2.45, 2.75) is 13.0 Å². The Morgan fingerprint density at radius 2 is 2.38 bits per heavy atom. The van der Waals surface area contributed by atoms with E-state index in [-0.39, 0.29) is 5.91 Å². The van der Waals surface area contributed by atoms with Crippen LogP contribution < -0.4 is 0 Å². The molecule has 0 aromatic carbocycles. The van der Waals surface area contributed by atoms with E-state index in [9.17, 15) is 4.79 Å². The Balaban J connectivity index is 1.97. The van der Waals surface area contributed by atoms with Gasteiger partial charge in [-0.2, -0.15) is 0 Å². The first-order chi connectivity index (χ1) is 7.65. The minimum atomic E-state index is 0.188. The van der Waals surface area contributed by atoms with E-state index in [1.807, 2.05) is 7.05 Å². The van der Waals surface area contributed by atoms with Gasteiger partial charge in [-0.15, -0.1) is 11.3 Å². The van der Waals surface area contributed by atoms with Gasteiger partial charge in [-0.1, -0.05) is 11.6 Å². The molecule has 1 aliphatic rings. The first kappa shape index (κ1) is 11.8. The second-order valence-corrected chi connectivity index (χ2v) is 5.66. The van der Waals surface area contributed by atoms with Gasteiger partial charge in [-0.05, 0) is 6.42 Å². The lowest BCUT2D eigenvalue weighted by Crippen LogP contribution is -2.33. The fourth-order valence-corrected chi connectivity index (χ4v) is 2.78. The van der Waals surface area contributed by atoms with Crippen LogP contribution in [0.15, 0.2) is 6.20 Å². The van der Waals surface area contributed by atoms with E-state index in [1.54, 1.807) is 11.1 Å².